The molecular formula is C20H22N4O2. The second-order valence-electron chi connectivity index (χ2n) is 6.68. The van der Waals surface area contributed by atoms with E-state index in [2.05, 4.69) is 20.2 Å². The maximum absolute atomic E-state index is 12.5. The first-order valence-corrected chi connectivity index (χ1v) is 8.80. The number of hydrogen-bond donors (Lipinski definition) is 2. The van der Waals surface area contributed by atoms with E-state index in [1.807, 2.05) is 48.8 Å². The van der Waals surface area contributed by atoms with Crippen LogP contribution in [0.1, 0.15) is 22.3 Å². The van der Waals surface area contributed by atoms with Crippen LogP contribution < -0.4 is 10.1 Å². The normalized spacial score (nSPS) is 17.5. The van der Waals surface area contributed by atoms with Crippen molar-refractivity contribution in [1.29, 1.82) is 0 Å². The fraction of sp³-hybridized carbons (Fsp3) is 0.300. The average molecular weight is 350 g/mol. The maximum atomic E-state index is 12.5. The molecule has 1 amide bonds. The smallest absolute Gasteiger partial charge is 0.251 e. The molecule has 0 aliphatic carbocycles. The molecule has 0 unspecified atom stereocenters. The van der Waals surface area contributed by atoms with E-state index in [1.165, 1.54) is 0 Å². The number of methoxy groups -OCH3 is 1. The number of benzene rings is 1. The van der Waals surface area contributed by atoms with Gasteiger partial charge in [-0.05, 0) is 36.2 Å². The van der Waals surface area contributed by atoms with Gasteiger partial charge < -0.3 is 15.0 Å². The third-order valence-corrected chi connectivity index (χ3v) is 4.84. The molecule has 1 aromatic carbocycles. The van der Waals surface area contributed by atoms with Gasteiger partial charge in [0.25, 0.3) is 5.91 Å². The summed E-state index contributed by atoms with van der Waals surface area (Å²) in [4.78, 5) is 22.3. The van der Waals surface area contributed by atoms with Gasteiger partial charge in [-0.3, -0.25) is 9.69 Å². The predicted octanol–water partition coefficient (Wildman–Crippen LogP) is 2.58. The molecule has 4 rings (SSSR count). The number of nitrogens with one attached hydrogen (secondary N) is 2. The number of hydrogen-bond acceptors (Lipinski definition) is 4. The molecule has 134 valence electrons. The van der Waals surface area contributed by atoms with Crippen LogP contribution in [-0.2, 0) is 6.54 Å². The highest BCUT2D eigenvalue weighted by Gasteiger charge is 2.24. The SMILES string of the molecule is COc1ccc(CN2CC[C@H](NC(=O)c3ccc4[nH]ccc4c3)C2)cn1. The molecule has 0 bridgehead atoms. The molecule has 1 saturated heterocycles. The summed E-state index contributed by atoms with van der Waals surface area (Å²) in [7, 11) is 1.61. The van der Waals surface area contributed by atoms with E-state index in [9.17, 15) is 4.79 Å². The molecule has 3 aromatic rings. The molecular weight excluding hydrogens is 328 g/mol. The Balaban J connectivity index is 1.33. The van der Waals surface area contributed by atoms with Gasteiger partial charge in [0.2, 0.25) is 5.88 Å². The lowest BCUT2D eigenvalue weighted by molar-refractivity contribution is 0.0938. The Morgan fingerprint density at radius 3 is 3.08 bits per heavy atom. The van der Waals surface area contributed by atoms with Gasteiger partial charge in [-0.25, -0.2) is 4.98 Å². The van der Waals surface area contributed by atoms with Crippen molar-refractivity contribution in [3.05, 3.63) is 59.9 Å². The maximum Gasteiger partial charge on any atom is 0.251 e. The number of H-pyrrole nitrogens is 1. The topological polar surface area (TPSA) is 70.2 Å². The minimum absolute atomic E-state index is 0.00827. The van der Waals surface area contributed by atoms with Gasteiger partial charge >= 0.3 is 0 Å². The number of pyridine rings is 1. The molecule has 6 nitrogen and oxygen atoms in total. The third-order valence-electron chi connectivity index (χ3n) is 4.84. The number of rotatable bonds is 5. The van der Waals surface area contributed by atoms with Crippen molar-refractivity contribution in [2.75, 3.05) is 20.2 Å². The van der Waals surface area contributed by atoms with Crippen LogP contribution in [0.4, 0.5) is 0 Å². The highest BCUT2D eigenvalue weighted by atomic mass is 16.5. The van der Waals surface area contributed by atoms with Gasteiger partial charge in [0, 0.05) is 60.6 Å². The number of carbonyl (C=O) groups is 1. The number of aromatic amines is 1. The Hall–Kier alpha value is -2.86. The van der Waals surface area contributed by atoms with E-state index < -0.39 is 0 Å². The summed E-state index contributed by atoms with van der Waals surface area (Å²) in [5.41, 5.74) is 2.90. The van der Waals surface area contributed by atoms with E-state index in [1.54, 1.807) is 7.11 Å². The van der Waals surface area contributed by atoms with Crippen LogP contribution >= 0.6 is 0 Å². The summed E-state index contributed by atoms with van der Waals surface area (Å²) in [6.45, 7) is 2.65. The van der Waals surface area contributed by atoms with Crippen LogP contribution in [0.3, 0.4) is 0 Å². The molecule has 0 spiro atoms. The van der Waals surface area contributed by atoms with E-state index in [0.717, 1.165) is 42.5 Å². The number of fused-ring (bicyclic) bond motifs is 1. The van der Waals surface area contributed by atoms with Gasteiger partial charge in [-0.15, -0.1) is 0 Å². The van der Waals surface area contributed by atoms with Crippen molar-refractivity contribution in [2.45, 2.75) is 19.0 Å². The minimum atomic E-state index is -0.00827. The number of amides is 1. The first-order chi connectivity index (χ1) is 12.7. The lowest BCUT2D eigenvalue weighted by Crippen LogP contribution is -2.36. The average Bonchev–Trinajstić information content (AvgIpc) is 3.31. The molecule has 1 aliphatic rings. The minimum Gasteiger partial charge on any atom is -0.481 e. The molecule has 3 heterocycles. The van der Waals surface area contributed by atoms with Gasteiger partial charge in [0.15, 0.2) is 0 Å². The Bertz CT molecular complexity index is 904. The second kappa shape index (κ2) is 7.17. The van der Waals surface area contributed by atoms with Gasteiger partial charge in [0.1, 0.15) is 0 Å². The van der Waals surface area contributed by atoms with Gasteiger partial charge in [0.05, 0.1) is 7.11 Å². The fourth-order valence-corrected chi connectivity index (χ4v) is 3.44. The van der Waals surface area contributed by atoms with Crippen LogP contribution in [0, 0.1) is 0 Å². The summed E-state index contributed by atoms with van der Waals surface area (Å²) >= 11 is 0. The number of ether oxygens (including phenoxy) is 1. The van der Waals surface area contributed by atoms with E-state index >= 15 is 0 Å². The van der Waals surface area contributed by atoms with Crippen molar-refractivity contribution in [3.63, 3.8) is 0 Å². The summed E-state index contributed by atoms with van der Waals surface area (Å²) in [6.07, 6.45) is 4.69. The summed E-state index contributed by atoms with van der Waals surface area (Å²) in [5.74, 6) is 0.616. The molecule has 0 saturated carbocycles. The Morgan fingerprint density at radius 2 is 2.27 bits per heavy atom. The highest BCUT2D eigenvalue weighted by molar-refractivity contribution is 5.98. The number of aromatic nitrogens is 2. The molecule has 0 radical (unpaired) electrons. The second-order valence-corrected chi connectivity index (χ2v) is 6.68. The highest BCUT2D eigenvalue weighted by Crippen LogP contribution is 2.17. The third kappa shape index (κ3) is 3.55. The van der Waals surface area contributed by atoms with E-state index in [0.29, 0.717) is 11.4 Å². The van der Waals surface area contributed by atoms with Crippen LogP contribution in [0.2, 0.25) is 0 Å². The van der Waals surface area contributed by atoms with Crippen molar-refractivity contribution < 1.29 is 9.53 Å². The summed E-state index contributed by atoms with van der Waals surface area (Å²) < 4.78 is 5.09. The summed E-state index contributed by atoms with van der Waals surface area (Å²) in [5, 5.41) is 4.21. The molecule has 1 fully saturated rings. The Kier molecular flexibility index (Phi) is 4.58. The lowest BCUT2D eigenvalue weighted by atomic mass is 10.1. The Labute approximate surface area is 152 Å². The number of nitrogens with zero attached hydrogens (tertiary/aromatic N) is 2. The molecule has 6 heteroatoms. The van der Waals surface area contributed by atoms with Crippen LogP contribution in [-0.4, -0.2) is 47.0 Å². The molecule has 26 heavy (non-hydrogen) atoms. The molecule has 1 atom stereocenters. The summed E-state index contributed by atoms with van der Waals surface area (Å²) in [6, 6.07) is 11.8. The van der Waals surface area contributed by atoms with Crippen molar-refractivity contribution in [3.8, 4) is 5.88 Å². The largest absolute Gasteiger partial charge is 0.481 e. The zero-order chi connectivity index (χ0) is 17.9. The van der Waals surface area contributed by atoms with Crippen LogP contribution in [0.25, 0.3) is 10.9 Å². The quantitative estimate of drug-likeness (QED) is 0.742. The lowest BCUT2D eigenvalue weighted by Gasteiger charge is -2.17. The molecule has 1 aliphatic heterocycles. The molecule has 2 N–H and O–H groups in total. The zero-order valence-electron chi connectivity index (χ0n) is 14.7. The first kappa shape index (κ1) is 16.6. The fourth-order valence-electron chi connectivity index (χ4n) is 3.44. The number of likely N-dealkylation sites (tertiary alicyclic amines) is 1. The van der Waals surface area contributed by atoms with Gasteiger partial charge in [-0.1, -0.05) is 6.07 Å². The van der Waals surface area contributed by atoms with Crippen molar-refractivity contribution in [1.82, 2.24) is 20.2 Å². The van der Waals surface area contributed by atoms with E-state index in [4.69, 9.17) is 4.74 Å². The zero-order valence-corrected chi connectivity index (χ0v) is 14.7. The van der Waals surface area contributed by atoms with Crippen LogP contribution in [0.15, 0.2) is 48.8 Å². The molecule has 2 aromatic heterocycles. The van der Waals surface area contributed by atoms with Gasteiger partial charge in [-0.2, -0.15) is 0 Å². The first-order valence-electron chi connectivity index (χ1n) is 8.80. The van der Waals surface area contributed by atoms with Crippen molar-refractivity contribution >= 4 is 16.8 Å². The van der Waals surface area contributed by atoms with Crippen LogP contribution in [0.5, 0.6) is 5.88 Å². The standard InChI is InChI=1S/C20H22N4O2/c1-26-19-5-2-14(11-22-19)12-24-9-7-17(13-24)23-20(25)16-3-4-18-15(10-16)6-8-21-18/h2-6,8,10-11,17,21H,7,9,12-13H2,1H3,(H,23,25)/t17-/m0/s1. The van der Waals surface area contributed by atoms with E-state index in [-0.39, 0.29) is 11.9 Å². The Morgan fingerprint density at radius 1 is 1.35 bits per heavy atom. The monoisotopic (exact) mass is 350 g/mol. The number of carbonyl (C=O) groups excluding carboxylic acids is 1. The predicted molar refractivity (Wildman–Crippen MR) is 100 cm³/mol. The van der Waals surface area contributed by atoms with Crippen molar-refractivity contribution in [2.24, 2.45) is 0 Å².